The van der Waals surface area contributed by atoms with Crippen molar-refractivity contribution in [1.82, 2.24) is 5.32 Å². The first-order chi connectivity index (χ1) is 6.22. The van der Waals surface area contributed by atoms with Gasteiger partial charge in [-0.1, -0.05) is 29.8 Å². The number of hydrogen-bond donors (Lipinski definition) is 2. The molecule has 1 aromatic rings. The van der Waals surface area contributed by atoms with E-state index in [2.05, 4.69) is 5.32 Å². The molecular weight excluding hydrogens is 221 g/mol. The van der Waals surface area contributed by atoms with Crippen molar-refractivity contribution in [3.8, 4) is 0 Å². The molecule has 0 aromatic heterocycles. The normalized spacial score (nSPS) is 25.9. The van der Waals surface area contributed by atoms with Gasteiger partial charge in [0.2, 0.25) is 0 Å². The lowest BCUT2D eigenvalue weighted by molar-refractivity contribution is 0.0588. The molecule has 0 saturated carbocycles. The van der Waals surface area contributed by atoms with Crippen LogP contribution in [0.3, 0.4) is 0 Å². The van der Waals surface area contributed by atoms with E-state index in [4.69, 9.17) is 11.6 Å². The largest absolute Gasteiger partial charge is 0.384 e. The third kappa shape index (κ3) is 2.04. The quantitative estimate of drug-likeness (QED) is 0.778. The van der Waals surface area contributed by atoms with Crippen LogP contribution in [0, 0.1) is 0 Å². The number of nitrogens with one attached hydrogen (secondary N) is 1. The van der Waals surface area contributed by atoms with Crippen molar-refractivity contribution in [2.75, 3.05) is 13.1 Å². The van der Waals surface area contributed by atoms with Crippen LogP contribution in [-0.2, 0) is 5.60 Å². The molecule has 2 nitrogen and oxygen atoms in total. The summed E-state index contributed by atoms with van der Waals surface area (Å²) in [5.74, 6) is 0. The van der Waals surface area contributed by atoms with Gasteiger partial charge in [-0.25, -0.2) is 0 Å². The summed E-state index contributed by atoms with van der Waals surface area (Å²) in [6, 6.07) is 7.47. The van der Waals surface area contributed by atoms with E-state index in [1.54, 1.807) is 0 Å². The molecule has 0 amide bonds. The van der Waals surface area contributed by atoms with Crippen molar-refractivity contribution in [1.29, 1.82) is 0 Å². The van der Waals surface area contributed by atoms with Gasteiger partial charge in [-0.15, -0.1) is 12.4 Å². The molecule has 1 aromatic carbocycles. The highest BCUT2D eigenvalue weighted by Crippen LogP contribution is 2.32. The van der Waals surface area contributed by atoms with Crippen molar-refractivity contribution < 1.29 is 5.11 Å². The summed E-state index contributed by atoms with van der Waals surface area (Å²) in [4.78, 5) is 0. The van der Waals surface area contributed by atoms with E-state index in [9.17, 15) is 5.11 Å². The van der Waals surface area contributed by atoms with Gasteiger partial charge in [0.1, 0.15) is 5.60 Å². The molecule has 2 rings (SSSR count). The average molecular weight is 234 g/mol. The maximum absolute atomic E-state index is 10.2. The molecule has 0 bridgehead atoms. The van der Waals surface area contributed by atoms with Crippen LogP contribution in [0.1, 0.15) is 12.0 Å². The Morgan fingerprint density at radius 2 is 2.07 bits per heavy atom. The Hall–Kier alpha value is -0.280. The third-order valence-electron chi connectivity index (χ3n) is 2.51. The standard InChI is InChI=1S/C10H12ClNO.ClH/c11-9-4-2-1-3-8(9)10(13)5-6-12-7-10;/h1-4,12-13H,5-7H2;1H. The van der Waals surface area contributed by atoms with Gasteiger partial charge in [0, 0.05) is 17.1 Å². The monoisotopic (exact) mass is 233 g/mol. The van der Waals surface area contributed by atoms with E-state index in [1.165, 1.54) is 0 Å². The van der Waals surface area contributed by atoms with Crippen molar-refractivity contribution in [2.45, 2.75) is 12.0 Å². The lowest BCUT2D eigenvalue weighted by Crippen LogP contribution is -2.28. The van der Waals surface area contributed by atoms with E-state index in [-0.39, 0.29) is 12.4 Å². The van der Waals surface area contributed by atoms with E-state index in [0.29, 0.717) is 11.6 Å². The summed E-state index contributed by atoms with van der Waals surface area (Å²) in [6.07, 6.45) is 0.733. The topological polar surface area (TPSA) is 32.3 Å². The fourth-order valence-electron chi connectivity index (χ4n) is 1.75. The number of aliphatic hydroxyl groups is 1. The Bertz CT molecular complexity index is 311. The van der Waals surface area contributed by atoms with E-state index >= 15 is 0 Å². The second-order valence-electron chi connectivity index (χ2n) is 3.44. The number of halogens is 2. The predicted octanol–water partition coefficient (Wildman–Crippen LogP) is 1.94. The minimum absolute atomic E-state index is 0. The highest BCUT2D eigenvalue weighted by molar-refractivity contribution is 6.31. The smallest absolute Gasteiger partial charge is 0.105 e. The number of hydrogen-bond acceptors (Lipinski definition) is 2. The second-order valence-corrected chi connectivity index (χ2v) is 3.85. The molecule has 1 fully saturated rings. The Morgan fingerprint density at radius 3 is 2.64 bits per heavy atom. The van der Waals surface area contributed by atoms with Crippen LogP contribution in [0.5, 0.6) is 0 Å². The molecule has 1 unspecified atom stereocenters. The molecule has 1 saturated heterocycles. The molecule has 4 heteroatoms. The summed E-state index contributed by atoms with van der Waals surface area (Å²) < 4.78 is 0. The molecule has 1 aliphatic rings. The highest BCUT2D eigenvalue weighted by Gasteiger charge is 2.34. The third-order valence-corrected chi connectivity index (χ3v) is 2.84. The van der Waals surface area contributed by atoms with Crippen LogP contribution in [0.15, 0.2) is 24.3 Å². The average Bonchev–Trinajstić information content (AvgIpc) is 2.54. The number of benzene rings is 1. The zero-order valence-electron chi connectivity index (χ0n) is 7.66. The van der Waals surface area contributed by atoms with Crippen molar-refractivity contribution in [3.63, 3.8) is 0 Å². The molecular formula is C10H13Cl2NO. The molecule has 14 heavy (non-hydrogen) atoms. The van der Waals surface area contributed by atoms with Crippen molar-refractivity contribution in [2.24, 2.45) is 0 Å². The Kier molecular flexibility index (Phi) is 3.78. The highest BCUT2D eigenvalue weighted by atomic mass is 35.5. The predicted molar refractivity (Wildman–Crippen MR) is 60.1 cm³/mol. The van der Waals surface area contributed by atoms with E-state index in [0.717, 1.165) is 18.5 Å². The Balaban J connectivity index is 0.000000980. The Morgan fingerprint density at radius 1 is 1.36 bits per heavy atom. The fraction of sp³-hybridized carbons (Fsp3) is 0.400. The number of rotatable bonds is 1. The van der Waals surface area contributed by atoms with Gasteiger partial charge in [-0.2, -0.15) is 0 Å². The summed E-state index contributed by atoms with van der Waals surface area (Å²) in [5.41, 5.74) is 0.0693. The van der Waals surface area contributed by atoms with E-state index in [1.807, 2.05) is 24.3 Å². The summed E-state index contributed by atoms with van der Waals surface area (Å²) in [5, 5.41) is 14.0. The summed E-state index contributed by atoms with van der Waals surface area (Å²) in [6.45, 7) is 1.44. The maximum atomic E-state index is 10.2. The maximum Gasteiger partial charge on any atom is 0.105 e. The van der Waals surface area contributed by atoms with Gasteiger partial charge >= 0.3 is 0 Å². The summed E-state index contributed by atoms with van der Waals surface area (Å²) in [7, 11) is 0. The zero-order valence-corrected chi connectivity index (χ0v) is 9.24. The van der Waals surface area contributed by atoms with Gasteiger partial charge in [0.05, 0.1) is 0 Å². The van der Waals surface area contributed by atoms with Gasteiger partial charge < -0.3 is 10.4 Å². The molecule has 1 atom stereocenters. The van der Waals surface area contributed by atoms with E-state index < -0.39 is 5.60 Å². The van der Waals surface area contributed by atoms with Crippen LogP contribution in [0.25, 0.3) is 0 Å². The van der Waals surface area contributed by atoms with Gasteiger partial charge in [-0.05, 0) is 19.0 Å². The van der Waals surface area contributed by atoms with Crippen LogP contribution >= 0.6 is 24.0 Å². The lowest BCUT2D eigenvalue weighted by Gasteiger charge is -2.22. The molecule has 2 N–H and O–H groups in total. The molecule has 1 aliphatic heterocycles. The lowest BCUT2D eigenvalue weighted by atomic mass is 9.93. The molecule has 0 spiro atoms. The SMILES string of the molecule is Cl.OC1(c2ccccc2Cl)CCNC1. The zero-order chi connectivity index (χ0) is 9.31. The number of β-amino-alcohol motifs (C(OH)–C–C–N with tert-alkyl or cyclic N) is 1. The van der Waals surface area contributed by atoms with Crippen LogP contribution in [0.2, 0.25) is 5.02 Å². The molecule has 0 aliphatic carbocycles. The fourth-order valence-corrected chi connectivity index (χ4v) is 2.06. The molecule has 0 radical (unpaired) electrons. The first-order valence-electron chi connectivity index (χ1n) is 4.40. The van der Waals surface area contributed by atoms with Gasteiger partial charge in [0.25, 0.3) is 0 Å². The van der Waals surface area contributed by atoms with Crippen LogP contribution < -0.4 is 5.32 Å². The van der Waals surface area contributed by atoms with Crippen molar-refractivity contribution in [3.05, 3.63) is 34.9 Å². The molecule has 78 valence electrons. The first-order valence-corrected chi connectivity index (χ1v) is 4.78. The van der Waals surface area contributed by atoms with Crippen LogP contribution in [-0.4, -0.2) is 18.2 Å². The van der Waals surface area contributed by atoms with Crippen LogP contribution in [0.4, 0.5) is 0 Å². The molecule has 1 heterocycles. The van der Waals surface area contributed by atoms with Crippen molar-refractivity contribution >= 4 is 24.0 Å². The first kappa shape index (κ1) is 11.8. The minimum atomic E-state index is -0.766. The Labute approximate surface area is 94.7 Å². The van der Waals surface area contributed by atoms with Gasteiger partial charge in [0.15, 0.2) is 0 Å². The minimum Gasteiger partial charge on any atom is -0.384 e. The second kappa shape index (κ2) is 4.49. The summed E-state index contributed by atoms with van der Waals surface area (Å²) >= 11 is 6.01. The van der Waals surface area contributed by atoms with Gasteiger partial charge in [-0.3, -0.25) is 0 Å².